The number of hydrogen-bond donors (Lipinski definition) is 2. The number of amides is 2. The van der Waals surface area contributed by atoms with E-state index in [-0.39, 0.29) is 17.2 Å². The molecule has 2 amide bonds. The standard InChI is InChI=1S/C23H30N2O3/c1-5-24-22(27)17-8-6-9-19(16-17)25-21(26)10-7-15-28-20-13-11-18(12-14-20)23(2,3)4/h6,8-9,11-14,16H,5,7,10,15H2,1-4H3,(H,24,27)(H,25,26). The van der Waals surface area contributed by atoms with E-state index in [9.17, 15) is 9.59 Å². The minimum absolute atomic E-state index is 0.0975. The Morgan fingerprint density at radius 2 is 1.75 bits per heavy atom. The first-order valence-corrected chi connectivity index (χ1v) is 9.71. The van der Waals surface area contributed by atoms with Crippen LogP contribution in [0.1, 0.15) is 56.5 Å². The van der Waals surface area contributed by atoms with Gasteiger partial charge in [-0.05, 0) is 54.7 Å². The van der Waals surface area contributed by atoms with Gasteiger partial charge in [-0.25, -0.2) is 0 Å². The van der Waals surface area contributed by atoms with Crippen LogP contribution in [0.3, 0.4) is 0 Å². The third kappa shape index (κ3) is 6.72. The van der Waals surface area contributed by atoms with E-state index in [0.29, 0.717) is 37.2 Å². The Morgan fingerprint density at radius 1 is 1.04 bits per heavy atom. The molecule has 0 bridgehead atoms. The van der Waals surface area contributed by atoms with Crippen LogP contribution in [0.2, 0.25) is 0 Å². The molecule has 0 atom stereocenters. The van der Waals surface area contributed by atoms with Crippen LogP contribution in [0, 0.1) is 0 Å². The molecule has 0 aliphatic rings. The van der Waals surface area contributed by atoms with Crippen LogP contribution < -0.4 is 15.4 Å². The number of nitrogens with one attached hydrogen (secondary N) is 2. The van der Waals surface area contributed by atoms with Crippen molar-refractivity contribution in [2.45, 2.75) is 46.0 Å². The summed E-state index contributed by atoms with van der Waals surface area (Å²) in [6.07, 6.45) is 0.967. The maximum atomic E-state index is 12.1. The summed E-state index contributed by atoms with van der Waals surface area (Å²) in [7, 11) is 0. The van der Waals surface area contributed by atoms with Crippen molar-refractivity contribution >= 4 is 17.5 Å². The molecule has 0 unspecified atom stereocenters. The fraction of sp³-hybridized carbons (Fsp3) is 0.391. The molecule has 2 rings (SSSR count). The van der Waals surface area contributed by atoms with E-state index < -0.39 is 0 Å². The van der Waals surface area contributed by atoms with E-state index in [0.717, 1.165) is 5.75 Å². The van der Waals surface area contributed by atoms with Crippen LogP contribution in [0.5, 0.6) is 5.75 Å². The molecule has 0 aliphatic carbocycles. The lowest BCUT2D eigenvalue weighted by atomic mass is 9.87. The third-order valence-corrected chi connectivity index (χ3v) is 4.28. The summed E-state index contributed by atoms with van der Waals surface area (Å²) in [5.74, 6) is 0.562. The van der Waals surface area contributed by atoms with Crippen molar-refractivity contribution in [2.75, 3.05) is 18.5 Å². The van der Waals surface area contributed by atoms with E-state index in [1.165, 1.54) is 5.56 Å². The number of rotatable bonds is 8. The molecule has 0 aromatic heterocycles. The molecule has 0 spiro atoms. The summed E-state index contributed by atoms with van der Waals surface area (Å²) in [5.41, 5.74) is 2.52. The van der Waals surface area contributed by atoms with Gasteiger partial charge in [-0.1, -0.05) is 39.0 Å². The van der Waals surface area contributed by atoms with Crippen LogP contribution in [0.15, 0.2) is 48.5 Å². The highest BCUT2D eigenvalue weighted by atomic mass is 16.5. The molecule has 0 saturated carbocycles. The number of carbonyl (C=O) groups is 2. The molecule has 2 aromatic carbocycles. The predicted octanol–water partition coefficient (Wildman–Crippen LogP) is 4.53. The highest BCUT2D eigenvalue weighted by Gasteiger charge is 2.13. The maximum absolute atomic E-state index is 12.1. The van der Waals surface area contributed by atoms with Gasteiger partial charge in [0, 0.05) is 24.2 Å². The van der Waals surface area contributed by atoms with E-state index in [2.05, 4.69) is 43.5 Å². The molecule has 0 heterocycles. The second kappa shape index (κ2) is 9.93. The van der Waals surface area contributed by atoms with Crippen LogP contribution in [0.4, 0.5) is 5.69 Å². The van der Waals surface area contributed by atoms with E-state index in [4.69, 9.17) is 4.74 Å². The normalized spacial score (nSPS) is 11.0. The average Bonchev–Trinajstić information content (AvgIpc) is 2.65. The largest absolute Gasteiger partial charge is 0.494 e. The number of ether oxygens (including phenoxy) is 1. The minimum atomic E-state index is -0.149. The SMILES string of the molecule is CCNC(=O)c1cccc(NC(=O)CCCOc2ccc(C(C)(C)C)cc2)c1. The zero-order valence-electron chi connectivity index (χ0n) is 17.2. The number of anilines is 1. The molecule has 5 heteroatoms. The third-order valence-electron chi connectivity index (χ3n) is 4.28. The summed E-state index contributed by atoms with van der Waals surface area (Å²) in [5, 5.41) is 5.57. The summed E-state index contributed by atoms with van der Waals surface area (Å²) >= 11 is 0. The molecule has 2 N–H and O–H groups in total. The van der Waals surface area contributed by atoms with Gasteiger partial charge >= 0.3 is 0 Å². The van der Waals surface area contributed by atoms with Gasteiger partial charge in [-0.2, -0.15) is 0 Å². The van der Waals surface area contributed by atoms with Crippen LogP contribution >= 0.6 is 0 Å². The fourth-order valence-electron chi connectivity index (χ4n) is 2.70. The summed E-state index contributed by atoms with van der Waals surface area (Å²) in [6.45, 7) is 9.42. The molecule has 0 saturated heterocycles. The Hall–Kier alpha value is -2.82. The Kier molecular flexibility index (Phi) is 7.61. The first-order chi connectivity index (χ1) is 13.3. The van der Waals surface area contributed by atoms with Gasteiger partial charge < -0.3 is 15.4 Å². The highest BCUT2D eigenvalue weighted by molar-refractivity contribution is 5.97. The highest BCUT2D eigenvalue weighted by Crippen LogP contribution is 2.24. The van der Waals surface area contributed by atoms with Gasteiger partial charge in [-0.15, -0.1) is 0 Å². The second-order valence-electron chi connectivity index (χ2n) is 7.71. The lowest BCUT2D eigenvalue weighted by Gasteiger charge is -2.19. The van der Waals surface area contributed by atoms with Gasteiger partial charge in [0.25, 0.3) is 5.91 Å². The van der Waals surface area contributed by atoms with E-state index >= 15 is 0 Å². The number of hydrogen-bond acceptors (Lipinski definition) is 3. The average molecular weight is 383 g/mol. The first kappa shape index (κ1) is 21.5. The molecule has 0 radical (unpaired) electrons. The topological polar surface area (TPSA) is 67.4 Å². The molecule has 2 aromatic rings. The van der Waals surface area contributed by atoms with Crippen molar-refractivity contribution in [1.29, 1.82) is 0 Å². The van der Waals surface area contributed by atoms with E-state index in [1.54, 1.807) is 24.3 Å². The zero-order chi connectivity index (χ0) is 20.6. The van der Waals surface area contributed by atoms with E-state index in [1.807, 2.05) is 19.1 Å². The molecular weight excluding hydrogens is 352 g/mol. The molecular formula is C23H30N2O3. The Bertz CT molecular complexity index is 792. The Balaban J connectivity index is 1.76. The molecule has 28 heavy (non-hydrogen) atoms. The van der Waals surface area contributed by atoms with Gasteiger partial charge in [-0.3, -0.25) is 9.59 Å². The molecule has 0 fully saturated rings. The lowest BCUT2D eigenvalue weighted by Crippen LogP contribution is -2.22. The van der Waals surface area contributed by atoms with Crippen molar-refractivity contribution in [3.8, 4) is 5.75 Å². The molecule has 0 aliphatic heterocycles. The van der Waals surface area contributed by atoms with Crippen molar-refractivity contribution in [3.63, 3.8) is 0 Å². The number of carbonyl (C=O) groups excluding carboxylic acids is 2. The van der Waals surface area contributed by atoms with Crippen LogP contribution in [0.25, 0.3) is 0 Å². The Morgan fingerprint density at radius 3 is 2.39 bits per heavy atom. The van der Waals surface area contributed by atoms with Crippen molar-refractivity contribution in [2.24, 2.45) is 0 Å². The van der Waals surface area contributed by atoms with Gasteiger partial charge in [0.05, 0.1) is 6.61 Å². The smallest absolute Gasteiger partial charge is 0.251 e. The van der Waals surface area contributed by atoms with Crippen molar-refractivity contribution in [3.05, 3.63) is 59.7 Å². The van der Waals surface area contributed by atoms with Crippen LogP contribution in [-0.4, -0.2) is 25.0 Å². The first-order valence-electron chi connectivity index (χ1n) is 9.71. The predicted molar refractivity (Wildman–Crippen MR) is 113 cm³/mol. The zero-order valence-corrected chi connectivity index (χ0v) is 17.2. The summed E-state index contributed by atoms with van der Waals surface area (Å²) < 4.78 is 5.72. The molecule has 150 valence electrons. The number of benzene rings is 2. The van der Waals surface area contributed by atoms with Crippen molar-refractivity contribution < 1.29 is 14.3 Å². The fourth-order valence-corrected chi connectivity index (χ4v) is 2.70. The second-order valence-corrected chi connectivity index (χ2v) is 7.71. The van der Waals surface area contributed by atoms with Gasteiger partial charge in [0.2, 0.25) is 5.91 Å². The van der Waals surface area contributed by atoms with Gasteiger partial charge in [0.15, 0.2) is 0 Å². The Labute approximate surface area is 167 Å². The van der Waals surface area contributed by atoms with Crippen molar-refractivity contribution in [1.82, 2.24) is 5.32 Å². The minimum Gasteiger partial charge on any atom is -0.494 e. The lowest BCUT2D eigenvalue weighted by molar-refractivity contribution is -0.116. The monoisotopic (exact) mass is 382 g/mol. The quantitative estimate of drug-likeness (QED) is 0.659. The molecule has 5 nitrogen and oxygen atoms in total. The van der Waals surface area contributed by atoms with Crippen LogP contribution in [-0.2, 0) is 10.2 Å². The summed E-state index contributed by atoms with van der Waals surface area (Å²) in [4.78, 5) is 24.0. The van der Waals surface area contributed by atoms with Gasteiger partial charge in [0.1, 0.15) is 5.75 Å². The maximum Gasteiger partial charge on any atom is 0.251 e. The summed E-state index contributed by atoms with van der Waals surface area (Å²) in [6, 6.07) is 15.0.